The van der Waals surface area contributed by atoms with E-state index in [0.29, 0.717) is 13.1 Å². The molecule has 1 aromatic carbocycles. The Bertz CT molecular complexity index is 901. The van der Waals surface area contributed by atoms with E-state index in [1.54, 1.807) is 11.9 Å². The first-order valence-electron chi connectivity index (χ1n) is 10.5. The van der Waals surface area contributed by atoms with Gasteiger partial charge in [0.25, 0.3) is 0 Å². The minimum Gasteiger partial charge on any atom is -0.444 e. The molecular weight excluding hydrogens is 381 g/mol. The number of hydrogen-bond donors (Lipinski definition) is 0. The molecule has 0 spiro atoms. The highest BCUT2D eigenvalue weighted by Gasteiger charge is 2.52. The zero-order chi connectivity index (χ0) is 22.3. The summed E-state index contributed by atoms with van der Waals surface area (Å²) in [4.78, 5) is 13.8. The summed E-state index contributed by atoms with van der Waals surface area (Å²) in [7, 11) is 1.31. The molecule has 2 aromatic rings. The van der Waals surface area contributed by atoms with E-state index < -0.39 is 23.9 Å². The van der Waals surface area contributed by atoms with Crippen LogP contribution in [0.1, 0.15) is 54.9 Å². The van der Waals surface area contributed by atoms with Gasteiger partial charge in [0.1, 0.15) is 5.60 Å². The van der Waals surface area contributed by atoms with E-state index in [1.807, 2.05) is 49.8 Å². The fourth-order valence-corrected chi connectivity index (χ4v) is 3.39. The second-order valence-electron chi connectivity index (χ2n) is 10.00. The summed E-state index contributed by atoms with van der Waals surface area (Å²) in [6.45, 7) is 15.1. The summed E-state index contributed by atoms with van der Waals surface area (Å²) in [6.07, 6.45) is 2.30. The number of nitrogens with zero attached hydrogens (tertiary/aromatic N) is 3. The molecule has 1 saturated heterocycles. The maximum atomic E-state index is 12.2. The van der Waals surface area contributed by atoms with Crippen molar-refractivity contribution in [3.63, 3.8) is 0 Å². The Labute approximate surface area is 179 Å². The van der Waals surface area contributed by atoms with Crippen LogP contribution in [0.15, 0.2) is 24.4 Å². The molecule has 0 aliphatic carbocycles. The molecule has 1 fully saturated rings. The molecule has 0 unspecified atom stereocenters. The summed E-state index contributed by atoms with van der Waals surface area (Å²) < 4.78 is 19.9. The lowest BCUT2D eigenvalue weighted by atomic mass is 9.78. The van der Waals surface area contributed by atoms with Crippen molar-refractivity contribution in [2.75, 3.05) is 13.6 Å². The van der Waals surface area contributed by atoms with Crippen LogP contribution >= 0.6 is 0 Å². The van der Waals surface area contributed by atoms with E-state index in [2.05, 4.69) is 32.8 Å². The van der Waals surface area contributed by atoms with Crippen LogP contribution in [-0.4, -0.2) is 58.3 Å². The number of fused-ring (bicyclic) bond motifs is 1. The minimum absolute atomic E-state index is 0.314. The summed E-state index contributed by atoms with van der Waals surface area (Å²) in [5.74, 6) is 0. The zero-order valence-corrected chi connectivity index (χ0v) is 19.5. The predicted molar refractivity (Wildman–Crippen MR) is 119 cm³/mol. The first-order valence-corrected chi connectivity index (χ1v) is 10.5. The Kier molecular flexibility index (Phi) is 5.95. The van der Waals surface area contributed by atoms with E-state index in [1.165, 1.54) is 0 Å². The first kappa shape index (κ1) is 22.6. The number of ether oxygens (including phenoxy) is 1. The van der Waals surface area contributed by atoms with Crippen LogP contribution in [0.5, 0.6) is 0 Å². The van der Waals surface area contributed by atoms with Crippen LogP contribution in [0, 0.1) is 0 Å². The Hall–Kier alpha value is -2.06. The fourth-order valence-electron chi connectivity index (χ4n) is 3.39. The van der Waals surface area contributed by atoms with Crippen molar-refractivity contribution >= 4 is 29.6 Å². The zero-order valence-electron chi connectivity index (χ0n) is 19.5. The Balaban J connectivity index is 1.73. The second kappa shape index (κ2) is 7.89. The molecule has 164 valence electrons. The number of carbonyl (C=O) groups is 1. The van der Waals surface area contributed by atoms with E-state index in [-0.39, 0.29) is 6.09 Å². The van der Waals surface area contributed by atoms with Crippen LogP contribution in [0.4, 0.5) is 4.79 Å². The number of para-hydroxylation sites is 1. The van der Waals surface area contributed by atoms with Crippen molar-refractivity contribution in [1.82, 2.24) is 14.7 Å². The van der Waals surface area contributed by atoms with Gasteiger partial charge in [-0.25, -0.2) is 4.79 Å². The van der Waals surface area contributed by atoms with Gasteiger partial charge in [-0.05, 0) is 54.9 Å². The van der Waals surface area contributed by atoms with Crippen LogP contribution in [0.25, 0.3) is 10.9 Å². The molecule has 0 N–H and O–H groups in total. The van der Waals surface area contributed by atoms with Crippen molar-refractivity contribution in [2.24, 2.45) is 0 Å². The smallest absolute Gasteiger partial charge is 0.444 e. The Morgan fingerprint density at radius 2 is 1.83 bits per heavy atom. The number of aromatic nitrogens is 2. The Morgan fingerprint density at radius 1 is 1.20 bits per heavy atom. The van der Waals surface area contributed by atoms with Crippen LogP contribution in [-0.2, 0) is 20.6 Å². The van der Waals surface area contributed by atoms with Gasteiger partial charge in [-0.15, -0.1) is 0 Å². The van der Waals surface area contributed by atoms with Gasteiger partial charge in [-0.1, -0.05) is 18.2 Å². The van der Waals surface area contributed by atoms with Gasteiger partial charge in [0.15, 0.2) is 0 Å². The normalized spacial score (nSPS) is 18.1. The molecule has 8 heteroatoms. The molecule has 30 heavy (non-hydrogen) atoms. The van der Waals surface area contributed by atoms with Gasteiger partial charge < -0.3 is 18.9 Å². The highest BCUT2D eigenvalue weighted by atomic mass is 16.7. The first-order chi connectivity index (χ1) is 13.8. The van der Waals surface area contributed by atoms with Crippen LogP contribution < -0.4 is 5.46 Å². The molecule has 7 nitrogen and oxygen atoms in total. The Morgan fingerprint density at radius 3 is 2.43 bits per heavy atom. The lowest BCUT2D eigenvalue weighted by Gasteiger charge is -2.32. The van der Waals surface area contributed by atoms with Crippen LogP contribution in [0.3, 0.4) is 0 Å². The third-order valence-corrected chi connectivity index (χ3v) is 5.77. The third kappa shape index (κ3) is 4.65. The SMILES string of the molecule is CN(CCCn1ncc2cccc(B3OC(C)(C)C(C)(C)O3)c21)C(=O)OC(C)(C)C. The number of rotatable bonds is 5. The average molecular weight is 415 g/mol. The molecule has 0 atom stereocenters. The third-order valence-electron chi connectivity index (χ3n) is 5.77. The van der Waals surface area contributed by atoms with Crippen molar-refractivity contribution in [1.29, 1.82) is 0 Å². The molecule has 0 saturated carbocycles. The van der Waals surface area contributed by atoms with Gasteiger partial charge in [-0.3, -0.25) is 4.68 Å². The molecule has 1 aliphatic rings. The highest BCUT2D eigenvalue weighted by molar-refractivity contribution is 6.65. The summed E-state index contributed by atoms with van der Waals surface area (Å²) in [5, 5.41) is 5.62. The van der Waals surface area contributed by atoms with Gasteiger partial charge >= 0.3 is 13.2 Å². The lowest BCUT2D eigenvalue weighted by molar-refractivity contribution is 0.00578. The minimum atomic E-state index is -0.499. The van der Waals surface area contributed by atoms with Gasteiger partial charge in [0, 0.05) is 31.0 Å². The number of benzene rings is 1. The summed E-state index contributed by atoms with van der Waals surface area (Å²) in [5.41, 5.74) is 0.683. The largest absolute Gasteiger partial charge is 0.497 e. The molecule has 1 aliphatic heterocycles. The molecule has 0 radical (unpaired) electrons. The van der Waals surface area contributed by atoms with Gasteiger partial charge in [0.2, 0.25) is 0 Å². The van der Waals surface area contributed by atoms with Crippen molar-refractivity contribution in [2.45, 2.75) is 78.2 Å². The molecule has 1 aromatic heterocycles. The predicted octanol–water partition coefficient (Wildman–Crippen LogP) is 3.59. The molecular formula is C22H34BN3O4. The highest BCUT2D eigenvalue weighted by Crippen LogP contribution is 2.37. The maximum absolute atomic E-state index is 12.2. The monoisotopic (exact) mass is 415 g/mol. The number of amides is 1. The molecule has 2 heterocycles. The van der Waals surface area contributed by atoms with E-state index in [4.69, 9.17) is 14.0 Å². The van der Waals surface area contributed by atoms with Gasteiger partial charge in [0.05, 0.1) is 22.9 Å². The summed E-state index contributed by atoms with van der Waals surface area (Å²) in [6, 6.07) is 6.08. The second-order valence-corrected chi connectivity index (χ2v) is 10.00. The summed E-state index contributed by atoms with van der Waals surface area (Å²) >= 11 is 0. The van der Waals surface area contributed by atoms with Crippen molar-refractivity contribution < 1.29 is 18.8 Å². The average Bonchev–Trinajstić information content (AvgIpc) is 3.11. The van der Waals surface area contributed by atoms with Gasteiger partial charge in [-0.2, -0.15) is 5.10 Å². The van der Waals surface area contributed by atoms with Crippen molar-refractivity contribution in [3.05, 3.63) is 24.4 Å². The number of hydrogen-bond acceptors (Lipinski definition) is 5. The number of aryl methyl sites for hydroxylation is 1. The standard InChI is InChI=1S/C22H34BN3O4/c1-20(2,3)28-19(27)25(8)13-10-14-26-18-16(15-24-26)11-9-12-17(18)23-29-21(4,5)22(6,7)30-23/h9,11-12,15H,10,13-14H2,1-8H3. The lowest BCUT2D eigenvalue weighted by Crippen LogP contribution is -2.41. The maximum Gasteiger partial charge on any atom is 0.497 e. The van der Waals surface area contributed by atoms with Crippen molar-refractivity contribution in [3.8, 4) is 0 Å². The van der Waals surface area contributed by atoms with E-state index in [0.717, 1.165) is 22.8 Å². The topological polar surface area (TPSA) is 65.8 Å². The van der Waals surface area contributed by atoms with E-state index in [9.17, 15) is 4.79 Å². The van der Waals surface area contributed by atoms with E-state index >= 15 is 0 Å². The van der Waals surface area contributed by atoms with Crippen LogP contribution in [0.2, 0.25) is 0 Å². The fraction of sp³-hybridized carbons (Fsp3) is 0.636. The number of carbonyl (C=O) groups excluding carboxylic acids is 1. The molecule has 0 bridgehead atoms. The quantitative estimate of drug-likeness (QED) is 0.699. The molecule has 3 rings (SSSR count). The molecule has 1 amide bonds.